The second-order valence-corrected chi connectivity index (χ2v) is 9.80. The van der Waals surface area contributed by atoms with Crippen LogP contribution in [0.25, 0.3) is 0 Å². The fourth-order valence-electron chi connectivity index (χ4n) is 4.20. The minimum Gasteiger partial charge on any atom is -0.444 e. The van der Waals surface area contributed by atoms with Gasteiger partial charge in [-0.15, -0.1) is 0 Å². The van der Waals surface area contributed by atoms with Crippen molar-refractivity contribution in [2.75, 3.05) is 6.54 Å². The van der Waals surface area contributed by atoms with Gasteiger partial charge in [0.2, 0.25) is 0 Å². The van der Waals surface area contributed by atoms with Crippen molar-refractivity contribution >= 4 is 17.7 Å². The first-order chi connectivity index (χ1) is 15.5. The van der Waals surface area contributed by atoms with Crippen molar-refractivity contribution in [1.29, 1.82) is 0 Å². The van der Waals surface area contributed by atoms with Crippen LogP contribution in [0.2, 0.25) is 5.15 Å². The number of carbonyl (C=O) groups is 1. The number of amides is 1. The SMILES string of the molecule is CC(C)(C)OC(=O)N1CCn2c(C3CC3)nc(Cl)c2C1CCc1ccc(OC(F)F)c(F)c1. The number of nitrogens with zero attached hydrogens (tertiary/aromatic N) is 3. The molecule has 0 bridgehead atoms. The highest BCUT2D eigenvalue weighted by Crippen LogP contribution is 2.44. The number of benzene rings is 1. The van der Waals surface area contributed by atoms with E-state index in [4.69, 9.17) is 16.3 Å². The molecule has 1 unspecified atom stereocenters. The summed E-state index contributed by atoms with van der Waals surface area (Å²) >= 11 is 6.55. The average Bonchev–Trinajstić information content (AvgIpc) is 3.50. The number of hydrogen-bond donors (Lipinski definition) is 0. The van der Waals surface area contributed by atoms with Crippen LogP contribution < -0.4 is 4.74 Å². The Bertz CT molecular complexity index is 1030. The van der Waals surface area contributed by atoms with Gasteiger partial charge >= 0.3 is 12.7 Å². The molecule has 1 aromatic heterocycles. The van der Waals surface area contributed by atoms with E-state index in [2.05, 4.69) is 14.3 Å². The van der Waals surface area contributed by atoms with Crippen LogP contribution in [0.4, 0.5) is 18.0 Å². The summed E-state index contributed by atoms with van der Waals surface area (Å²) in [5.74, 6) is -0.0265. The Kier molecular flexibility index (Phi) is 6.53. The molecule has 33 heavy (non-hydrogen) atoms. The van der Waals surface area contributed by atoms with E-state index in [0.717, 1.165) is 24.4 Å². The number of hydrogen-bond acceptors (Lipinski definition) is 4. The van der Waals surface area contributed by atoms with E-state index >= 15 is 0 Å². The summed E-state index contributed by atoms with van der Waals surface area (Å²) in [7, 11) is 0. The van der Waals surface area contributed by atoms with Crippen LogP contribution in [0.5, 0.6) is 5.75 Å². The number of rotatable bonds is 6. The van der Waals surface area contributed by atoms with Gasteiger partial charge in [0.05, 0.1) is 11.7 Å². The summed E-state index contributed by atoms with van der Waals surface area (Å²) in [6.45, 7) is 3.33. The largest absolute Gasteiger partial charge is 0.444 e. The number of aromatic nitrogens is 2. The van der Waals surface area contributed by atoms with E-state index < -0.39 is 35.9 Å². The third kappa shape index (κ3) is 5.39. The van der Waals surface area contributed by atoms with Crippen molar-refractivity contribution in [2.45, 2.75) is 77.2 Å². The van der Waals surface area contributed by atoms with Crippen molar-refractivity contribution in [3.8, 4) is 5.75 Å². The second-order valence-electron chi connectivity index (χ2n) is 9.44. The summed E-state index contributed by atoms with van der Waals surface area (Å²) in [5.41, 5.74) is 0.689. The maximum absolute atomic E-state index is 14.2. The Balaban J connectivity index is 1.59. The minimum atomic E-state index is -3.10. The summed E-state index contributed by atoms with van der Waals surface area (Å²) in [6.07, 6.45) is 2.51. The number of halogens is 4. The summed E-state index contributed by atoms with van der Waals surface area (Å²) in [6, 6.07) is 3.48. The van der Waals surface area contributed by atoms with E-state index in [-0.39, 0.29) is 0 Å². The highest BCUT2D eigenvalue weighted by molar-refractivity contribution is 6.30. The van der Waals surface area contributed by atoms with Gasteiger partial charge in [0.25, 0.3) is 0 Å². The van der Waals surface area contributed by atoms with Gasteiger partial charge in [0, 0.05) is 19.0 Å². The molecule has 0 spiro atoms. The van der Waals surface area contributed by atoms with E-state index in [1.807, 2.05) is 0 Å². The smallest absolute Gasteiger partial charge is 0.410 e. The van der Waals surface area contributed by atoms with E-state index in [0.29, 0.717) is 42.6 Å². The lowest BCUT2D eigenvalue weighted by Gasteiger charge is -2.38. The molecule has 1 aliphatic carbocycles. The lowest BCUT2D eigenvalue weighted by atomic mass is 10.00. The number of fused-ring (bicyclic) bond motifs is 1. The Morgan fingerprint density at radius 3 is 2.61 bits per heavy atom. The molecule has 1 amide bonds. The molecule has 2 aliphatic rings. The van der Waals surface area contributed by atoms with E-state index in [1.165, 1.54) is 18.2 Å². The molecule has 2 heterocycles. The first-order valence-corrected chi connectivity index (χ1v) is 11.4. The molecule has 1 aromatic carbocycles. The Labute approximate surface area is 195 Å². The Hall–Kier alpha value is -2.42. The van der Waals surface area contributed by atoms with Gasteiger partial charge in [-0.2, -0.15) is 8.78 Å². The molecule has 4 rings (SSSR count). The summed E-state index contributed by atoms with van der Waals surface area (Å²) in [4.78, 5) is 19.2. The minimum absolute atomic E-state index is 0.363. The lowest BCUT2D eigenvalue weighted by molar-refractivity contribution is -0.0522. The van der Waals surface area contributed by atoms with Crippen molar-refractivity contribution in [2.24, 2.45) is 0 Å². The maximum Gasteiger partial charge on any atom is 0.410 e. The van der Waals surface area contributed by atoms with E-state index in [1.54, 1.807) is 25.7 Å². The first kappa shape index (κ1) is 23.7. The fourth-order valence-corrected chi connectivity index (χ4v) is 4.51. The molecule has 1 atom stereocenters. The average molecular weight is 486 g/mol. The number of carbonyl (C=O) groups excluding carboxylic acids is 1. The second kappa shape index (κ2) is 9.08. The van der Waals surface area contributed by atoms with Crippen molar-refractivity contribution < 1.29 is 27.4 Å². The molecule has 180 valence electrons. The molecule has 1 saturated carbocycles. The zero-order valence-electron chi connectivity index (χ0n) is 18.8. The number of imidazole rings is 1. The van der Waals surface area contributed by atoms with Gasteiger partial charge in [-0.1, -0.05) is 17.7 Å². The van der Waals surface area contributed by atoms with Gasteiger partial charge < -0.3 is 14.0 Å². The van der Waals surface area contributed by atoms with Crippen LogP contribution in [0, 0.1) is 5.82 Å². The molecule has 6 nitrogen and oxygen atoms in total. The van der Waals surface area contributed by atoms with Gasteiger partial charge in [-0.05, 0) is 64.2 Å². The van der Waals surface area contributed by atoms with Crippen LogP contribution in [0.15, 0.2) is 18.2 Å². The predicted molar refractivity (Wildman–Crippen MR) is 116 cm³/mol. The summed E-state index contributed by atoms with van der Waals surface area (Å²) < 4.78 is 50.9. The Morgan fingerprint density at radius 2 is 2.00 bits per heavy atom. The van der Waals surface area contributed by atoms with Gasteiger partial charge in [-0.3, -0.25) is 4.90 Å². The van der Waals surface area contributed by atoms with Crippen molar-refractivity contribution in [1.82, 2.24) is 14.5 Å². The van der Waals surface area contributed by atoms with Crippen LogP contribution in [-0.2, 0) is 17.7 Å². The Morgan fingerprint density at radius 1 is 1.27 bits per heavy atom. The standard InChI is InChI=1S/C23H27ClF3N3O3/c1-23(2,3)33-22(31)29-10-11-30-18(19(24)28-20(30)14-6-7-14)16(29)8-4-13-5-9-17(15(25)12-13)32-21(26)27/h5,9,12,14,16,21H,4,6-8,10-11H2,1-3H3. The van der Waals surface area contributed by atoms with Crippen LogP contribution in [0.1, 0.15) is 69.1 Å². The number of alkyl halides is 2. The highest BCUT2D eigenvalue weighted by Gasteiger charge is 2.40. The van der Waals surface area contributed by atoms with Gasteiger partial charge in [0.15, 0.2) is 16.7 Å². The quantitative estimate of drug-likeness (QED) is 0.497. The normalized spacial score (nSPS) is 18.4. The fraction of sp³-hybridized carbons (Fsp3) is 0.565. The first-order valence-electron chi connectivity index (χ1n) is 11.0. The molecule has 10 heteroatoms. The third-order valence-electron chi connectivity index (χ3n) is 5.74. The van der Waals surface area contributed by atoms with Crippen molar-refractivity contribution in [3.63, 3.8) is 0 Å². The molecule has 2 aromatic rings. The molecule has 1 aliphatic heterocycles. The predicted octanol–water partition coefficient (Wildman–Crippen LogP) is 6.08. The van der Waals surface area contributed by atoms with Crippen LogP contribution >= 0.6 is 11.6 Å². The molecule has 0 N–H and O–H groups in total. The topological polar surface area (TPSA) is 56.6 Å². The van der Waals surface area contributed by atoms with Gasteiger partial charge in [0.1, 0.15) is 11.4 Å². The molecular formula is C23H27ClF3N3O3. The number of aryl methyl sites for hydroxylation is 1. The molecular weight excluding hydrogens is 459 g/mol. The van der Waals surface area contributed by atoms with Crippen LogP contribution in [0.3, 0.4) is 0 Å². The zero-order chi connectivity index (χ0) is 23.9. The van der Waals surface area contributed by atoms with E-state index in [9.17, 15) is 18.0 Å². The maximum atomic E-state index is 14.2. The molecule has 1 fully saturated rings. The lowest BCUT2D eigenvalue weighted by Crippen LogP contribution is -2.45. The monoisotopic (exact) mass is 485 g/mol. The summed E-state index contributed by atoms with van der Waals surface area (Å²) in [5, 5.41) is 0.363. The van der Waals surface area contributed by atoms with Gasteiger partial charge in [-0.25, -0.2) is 14.2 Å². The highest BCUT2D eigenvalue weighted by atomic mass is 35.5. The van der Waals surface area contributed by atoms with Crippen molar-refractivity contribution in [3.05, 3.63) is 46.3 Å². The number of ether oxygens (including phenoxy) is 2. The van der Waals surface area contributed by atoms with Crippen LogP contribution in [-0.4, -0.2) is 39.3 Å². The molecule has 0 radical (unpaired) electrons. The molecule has 0 saturated heterocycles. The third-order valence-corrected chi connectivity index (χ3v) is 6.02. The zero-order valence-corrected chi connectivity index (χ0v) is 19.5.